The van der Waals surface area contributed by atoms with Crippen molar-refractivity contribution in [2.24, 2.45) is 0 Å². The highest BCUT2D eigenvalue weighted by molar-refractivity contribution is 5.95. The van der Waals surface area contributed by atoms with E-state index in [9.17, 15) is 19.7 Å². The smallest absolute Gasteiger partial charge is 0.305 e. The van der Waals surface area contributed by atoms with Gasteiger partial charge in [-0.05, 0) is 12.5 Å². The lowest BCUT2D eigenvalue weighted by molar-refractivity contribution is -0.384. The van der Waals surface area contributed by atoms with Gasteiger partial charge in [-0.15, -0.1) is 0 Å². The van der Waals surface area contributed by atoms with Gasteiger partial charge in [-0.25, -0.2) is 0 Å². The fourth-order valence-corrected chi connectivity index (χ4v) is 2.25. The third kappa shape index (κ3) is 3.54. The molecule has 1 atom stereocenters. The number of carboxylic acid groups (broad SMARTS) is 1. The van der Waals surface area contributed by atoms with Gasteiger partial charge in [0.2, 0.25) is 0 Å². The molecule has 8 heteroatoms. The zero-order valence-corrected chi connectivity index (χ0v) is 11.1. The lowest BCUT2D eigenvalue weighted by atomic mass is 9.93. The lowest BCUT2D eigenvalue weighted by Gasteiger charge is -2.26. The molecule has 1 aliphatic rings. The van der Waals surface area contributed by atoms with Crippen LogP contribution in [0.1, 0.15) is 23.2 Å². The van der Waals surface area contributed by atoms with Gasteiger partial charge in [-0.1, -0.05) is 6.07 Å². The van der Waals surface area contributed by atoms with E-state index >= 15 is 0 Å². The number of rotatable bonds is 5. The number of nitro groups is 1. The molecule has 0 bridgehead atoms. The number of non-ortho nitro benzene ring substituents is 1. The van der Waals surface area contributed by atoms with E-state index in [2.05, 4.69) is 5.32 Å². The van der Waals surface area contributed by atoms with E-state index < -0.39 is 22.3 Å². The Morgan fingerprint density at radius 2 is 2.24 bits per heavy atom. The molecular formula is C13H14N2O6. The highest BCUT2D eigenvalue weighted by Gasteiger charge is 2.38. The van der Waals surface area contributed by atoms with Crippen molar-refractivity contribution in [3.8, 4) is 0 Å². The summed E-state index contributed by atoms with van der Waals surface area (Å²) in [5, 5.41) is 22.3. The first kappa shape index (κ1) is 14.9. The van der Waals surface area contributed by atoms with Crippen LogP contribution >= 0.6 is 0 Å². The van der Waals surface area contributed by atoms with Crippen molar-refractivity contribution >= 4 is 17.6 Å². The van der Waals surface area contributed by atoms with E-state index in [1.807, 2.05) is 0 Å². The van der Waals surface area contributed by atoms with E-state index in [-0.39, 0.29) is 24.3 Å². The summed E-state index contributed by atoms with van der Waals surface area (Å²) in [5.41, 5.74) is -1.05. The molecule has 1 fully saturated rings. The second-order valence-corrected chi connectivity index (χ2v) is 4.91. The van der Waals surface area contributed by atoms with Gasteiger partial charge in [0.25, 0.3) is 11.6 Å². The minimum atomic E-state index is -1.04. The quantitative estimate of drug-likeness (QED) is 0.616. The molecule has 1 aliphatic heterocycles. The van der Waals surface area contributed by atoms with Gasteiger partial charge in [0, 0.05) is 24.3 Å². The first-order chi connectivity index (χ1) is 9.92. The van der Waals surface area contributed by atoms with Crippen LogP contribution in [0.15, 0.2) is 24.3 Å². The molecule has 112 valence electrons. The molecule has 8 nitrogen and oxygen atoms in total. The third-order valence-corrected chi connectivity index (χ3v) is 3.29. The van der Waals surface area contributed by atoms with Crippen molar-refractivity contribution in [2.45, 2.75) is 18.4 Å². The molecule has 1 unspecified atom stereocenters. The molecule has 1 aromatic carbocycles. The first-order valence-electron chi connectivity index (χ1n) is 6.28. The van der Waals surface area contributed by atoms with E-state index in [0.29, 0.717) is 13.0 Å². The summed E-state index contributed by atoms with van der Waals surface area (Å²) in [6, 6.07) is 5.27. The summed E-state index contributed by atoms with van der Waals surface area (Å²) < 4.78 is 5.17. The summed E-state index contributed by atoms with van der Waals surface area (Å²) >= 11 is 0. The average Bonchev–Trinajstić information content (AvgIpc) is 2.86. The van der Waals surface area contributed by atoms with Crippen LogP contribution in [0, 0.1) is 10.1 Å². The fraction of sp³-hybridized carbons (Fsp3) is 0.385. The second kappa shape index (κ2) is 5.88. The topological polar surface area (TPSA) is 119 Å². The Balaban J connectivity index is 2.17. The van der Waals surface area contributed by atoms with Crippen LogP contribution < -0.4 is 5.32 Å². The molecule has 2 rings (SSSR count). The van der Waals surface area contributed by atoms with Crippen molar-refractivity contribution in [3.05, 3.63) is 39.9 Å². The highest BCUT2D eigenvalue weighted by Crippen LogP contribution is 2.24. The predicted octanol–water partition coefficient (Wildman–Crippen LogP) is 0.958. The summed E-state index contributed by atoms with van der Waals surface area (Å²) in [5.74, 6) is -1.59. The minimum Gasteiger partial charge on any atom is -0.481 e. The summed E-state index contributed by atoms with van der Waals surface area (Å²) in [4.78, 5) is 33.2. The van der Waals surface area contributed by atoms with Crippen LogP contribution in [-0.2, 0) is 9.53 Å². The number of hydrogen-bond acceptors (Lipinski definition) is 5. The number of carbonyl (C=O) groups excluding carboxylic acids is 1. The number of carbonyl (C=O) groups is 2. The van der Waals surface area contributed by atoms with Crippen LogP contribution in [0.25, 0.3) is 0 Å². The summed E-state index contributed by atoms with van der Waals surface area (Å²) in [6.07, 6.45) is 0.133. The Kier molecular flexibility index (Phi) is 4.18. The van der Waals surface area contributed by atoms with Crippen LogP contribution in [-0.4, -0.2) is 40.7 Å². The largest absolute Gasteiger partial charge is 0.481 e. The molecule has 1 heterocycles. The SMILES string of the molecule is O=C(O)CC1(NC(=O)c2cccc([N+](=O)[O-])c2)CCOC1. The third-order valence-electron chi connectivity index (χ3n) is 3.29. The van der Waals surface area contributed by atoms with E-state index in [1.165, 1.54) is 18.2 Å². The van der Waals surface area contributed by atoms with E-state index in [4.69, 9.17) is 9.84 Å². The molecule has 0 aromatic heterocycles. The second-order valence-electron chi connectivity index (χ2n) is 4.91. The first-order valence-corrected chi connectivity index (χ1v) is 6.28. The highest BCUT2D eigenvalue weighted by atomic mass is 16.6. The van der Waals surface area contributed by atoms with Crippen LogP contribution in [0.2, 0.25) is 0 Å². The molecule has 1 amide bonds. The molecule has 1 aromatic rings. The standard InChI is InChI=1S/C13H14N2O6/c16-11(17)7-13(4-5-21-8-13)14-12(18)9-2-1-3-10(6-9)15(19)20/h1-3,6H,4-5,7-8H2,(H,14,18)(H,16,17). The monoisotopic (exact) mass is 294 g/mol. The maximum atomic E-state index is 12.2. The number of benzene rings is 1. The molecular weight excluding hydrogens is 280 g/mol. The lowest BCUT2D eigenvalue weighted by Crippen LogP contribution is -2.50. The maximum Gasteiger partial charge on any atom is 0.305 e. The Hall–Kier alpha value is -2.48. The molecule has 0 aliphatic carbocycles. The van der Waals surface area contributed by atoms with Crippen molar-refractivity contribution in [2.75, 3.05) is 13.2 Å². The Bertz CT molecular complexity index is 580. The van der Waals surface area contributed by atoms with Gasteiger partial charge in [-0.3, -0.25) is 19.7 Å². The normalized spacial score (nSPS) is 21.0. The zero-order valence-electron chi connectivity index (χ0n) is 11.1. The number of nitro benzene ring substituents is 1. The Labute approximate surface area is 119 Å². The van der Waals surface area contributed by atoms with Crippen molar-refractivity contribution < 1.29 is 24.4 Å². The molecule has 0 spiro atoms. The van der Waals surface area contributed by atoms with Crippen LogP contribution in [0.3, 0.4) is 0 Å². The fourth-order valence-electron chi connectivity index (χ4n) is 2.25. The number of hydrogen-bond donors (Lipinski definition) is 2. The number of amides is 1. The number of aliphatic carboxylic acids is 1. The maximum absolute atomic E-state index is 12.2. The number of ether oxygens (including phenoxy) is 1. The Morgan fingerprint density at radius 1 is 1.48 bits per heavy atom. The average molecular weight is 294 g/mol. The van der Waals surface area contributed by atoms with Crippen LogP contribution in [0.4, 0.5) is 5.69 Å². The summed E-state index contributed by atoms with van der Waals surface area (Å²) in [7, 11) is 0. The molecule has 1 saturated heterocycles. The zero-order chi connectivity index (χ0) is 15.5. The summed E-state index contributed by atoms with van der Waals surface area (Å²) in [6.45, 7) is 0.475. The van der Waals surface area contributed by atoms with Gasteiger partial charge in [0.1, 0.15) is 0 Å². The number of carboxylic acids is 1. The molecule has 0 radical (unpaired) electrons. The Morgan fingerprint density at radius 3 is 2.81 bits per heavy atom. The number of nitrogens with zero attached hydrogens (tertiary/aromatic N) is 1. The van der Waals surface area contributed by atoms with E-state index in [1.54, 1.807) is 0 Å². The van der Waals surface area contributed by atoms with Crippen molar-refractivity contribution in [3.63, 3.8) is 0 Å². The van der Waals surface area contributed by atoms with Crippen molar-refractivity contribution in [1.29, 1.82) is 0 Å². The molecule has 2 N–H and O–H groups in total. The predicted molar refractivity (Wildman–Crippen MR) is 71.0 cm³/mol. The molecule has 21 heavy (non-hydrogen) atoms. The van der Waals surface area contributed by atoms with Crippen molar-refractivity contribution in [1.82, 2.24) is 5.32 Å². The van der Waals surface area contributed by atoms with Gasteiger partial charge >= 0.3 is 5.97 Å². The number of nitrogens with one attached hydrogen (secondary N) is 1. The van der Waals surface area contributed by atoms with E-state index in [0.717, 1.165) is 6.07 Å². The van der Waals surface area contributed by atoms with Gasteiger partial charge < -0.3 is 15.2 Å². The van der Waals surface area contributed by atoms with Gasteiger partial charge in [0.15, 0.2) is 0 Å². The minimum absolute atomic E-state index is 0.111. The molecule has 0 saturated carbocycles. The van der Waals surface area contributed by atoms with Crippen LogP contribution in [0.5, 0.6) is 0 Å². The van der Waals surface area contributed by atoms with Gasteiger partial charge in [-0.2, -0.15) is 0 Å². The van der Waals surface area contributed by atoms with Gasteiger partial charge in [0.05, 0.1) is 23.5 Å².